The Morgan fingerprint density at radius 3 is 2.52 bits per heavy atom. The summed E-state index contributed by atoms with van der Waals surface area (Å²) in [4.78, 5) is 0. The van der Waals surface area contributed by atoms with Crippen molar-refractivity contribution in [1.82, 2.24) is 5.32 Å². The van der Waals surface area contributed by atoms with Crippen molar-refractivity contribution in [3.8, 4) is 11.3 Å². The second kappa shape index (κ2) is 5.92. The summed E-state index contributed by atoms with van der Waals surface area (Å²) in [5, 5.41) is 5.09. The van der Waals surface area contributed by atoms with E-state index in [9.17, 15) is 0 Å². The minimum Gasteiger partial charge on any atom is -0.455 e. The van der Waals surface area contributed by atoms with Crippen LogP contribution in [0.3, 0.4) is 0 Å². The van der Waals surface area contributed by atoms with Gasteiger partial charge in [-0.05, 0) is 17.7 Å². The van der Waals surface area contributed by atoms with E-state index in [0.717, 1.165) is 28.8 Å². The molecule has 0 amide bonds. The monoisotopic (exact) mass is 299 g/mol. The lowest BCUT2D eigenvalue weighted by molar-refractivity contribution is 0.589. The maximum atomic E-state index is 6.15. The molecular formula is C18H18ClNO. The summed E-state index contributed by atoms with van der Waals surface area (Å²) >= 11 is 6.15. The van der Waals surface area contributed by atoms with E-state index in [2.05, 4.69) is 43.4 Å². The first-order valence-corrected chi connectivity index (χ1v) is 7.52. The molecule has 21 heavy (non-hydrogen) atoms. The Bertz CT molecular complexity index is 744. The summed E-state index contributed by atoms with van der Waals surface area (Å²) in [5.74, 6) is 0.849. The van der Waals surface area contributed by atoms with Crippen molar-refractivity contribution in [3.63, 3.8) is 0 Å². The minimum atomic E-state index is 0.488. The fraction of sp³-hybridized carbons (Fsp3) is 0.222. The van der Waals surface area contributed by atoms with E-state index in [-0.39, 0.29) is 0 Å². The van der Waals surface area contributed by atoms with Crippen LogP contribution in [0, 0.1) is 0 Å². The molecule has 0 aliphatic rings. The second-order valence-electron chi connectivity index (χ2n) is 5.50. The molecule has 0 saturated heterocycles. The maximum absolute atomic E-state index is 6.15. The molecule has 1 aromatic heterocycles. The van der Waals surface area contributed by atoms with Gasteiger partial charge in [-0.15, -0.1) is 0 Å². The topological polar surface area (TPSA) is 25.2 Å². The van der Waals surface area contributed by atoms with Gasteiger partial charge in [0.05, 0.1) is 5.02 Å². The van der Waals surface area contributed by atoms with Gasteiger partial charge in [-0.2, -0.15) is 0 Å². The van der Waals surface area contributed by atoms with Gasteiger partial charge in [-0.3, -0.25) is 0 Å². The highest BCUT2D eigenvalue weighted by atomic mass is 35.5. The number of para-hydroxylation sites is 1. The largest absolute Gasteiger partial charge is 0.455 e. The lowest BCUT2D eigenvalue weighted by Crippen LogP contribution is -2.21. The number of halogens is 1. The Morgan fingerprint density at radius 1 is 1.10 bits per heavy atom. The third kappa shape index (κ3) is 3.12. The molecular weight excluding hydrogens is 282 g/mol. The lowest BCUT2D eigenvalue weighted by Gasteiger charge is -2.08. The zero-order chi connectivity index (χ0) is 14.8. The van der Waals surface area contributed by atoms with Crippen molar-refractivity contribution in [3.05, 3.63) is 59.1 Å². The van der Waals surface area contributed by atoms with Crippen LogP contribution in [0.15, 0.2) is 52.9 Å². The molecule has 2 nitrogen and oxygen atoms in total. The number of fused-ring (bicyclic) bond motifs is 1. The molecule has 0 saturated carbocycles. The molecule has 1 heterocycles. The summed E-state index contributed by atoms with van der Waals surface area (Å²) in [6.07, 6.45) is 0. The van der Waals surface area contributed by atoms with E-state index < -0.39 is 0 Å². The predicted octanol–water partition coefficient (Wildman–Crippen LogP) is 5.25. The van der Waals surface area contributed by atoms with E-state index in [1.807, 2.05) is 24.3 Å². The molecule has 108 valence electrons. The van der Waals surface area contributed by atoms with E-state index in [4.69, 9.17) is 16.0 Å². The number of nitrogens with one attached hydrogen (secondary N) is 1. The van der Waals surface area contributed by atoms with Gasteiger partial charge < -0.3 is 9.73 Å². The Kier molecular flexibility index (Phi) is 4.00. The number of hydrogen-bond acceptors (Lipinski definition) is 2. The highest BCUT2D eigenvalue weighted by molar-refractivity contribution is 6.34. The smallest absolute Gasteiger partial charge is 0.153 e. The third-order valence-corrected chi connectivity index (χ3v) is 3.75. The van der Waals surface area contributed by atoms with Gasteiger partial charge >= 0.3 is 0 Å². The van der Waals surface area contributed by atoms with Crippen LogP contribution in [-0.2, 0) is 6.54 Å². The Hall–Kier alpha value is -1.77. The predicted molar refractivity (Wildman–Crippen MR) is 88.6 cm³/mol. The van der Waals surface area contributed by atoms with Gasteiger partial charge in [0.2, 0.25) is 0 Å². The lowest BCUT2D eigenvalue weighted by atomic mass is 10.1. The Balaban J connectivity index is 1.87. The number of benzene rings is 2. The molecule has 3 aromatic rings. The molecule has 0 atom stereocenters. The Morgan fingerprint density at radius 2 is 1.86 bits per heavy atom. The molecule has 2 aromatic carbocycles. The fourth-order valence-electron chi connectivity index (χ4n) is 2.28. The SMILES string of the molecule is CC(C)NCc1ccc(-c2cc3cccc(Cl)c3o2)cc1. The van der Waals surface area contributed by atoms with Crippen molar-refractivity contribution >= 4 is 22.6 Å². The van der Waals surface area contributed by atoms with Crippen LogP contribution in [0.1, 0.15) is 19.4 Å². The number of hydrogen-bond donors (Lipinski definition) is 1. The quantitative estimate of drug-likeness (QED) is 0.711. The standard InChI is InChI=1S/C18H18ClNO/c1-12(2)20-11-13-6-8-14(9-7-13)17-10-15-4-3-5-16(19)18(15)21-17/h3-10,12,20H,11H2,1-2H3. The van der Waals surface area contributed by atoms with E-state index in [0.29, 0.717) is 11.1 Å². The summed E-state index contributed by atoms with van der Waals surface area (Å²) < 4.78 is 5.88. The van der Waals surface area contributed by atoms with Crippen LogP contribution < -0.4 is 5.32 Å². The second-order valence-corrected chi connectivity index (χ2v) is 5.91. The first kappa shape index (κ1) is 14.2. The van der Waals surface area contributed by atoms with Gasteiger partial charge in [0.25, 0.3) is 0 Å². The summed E-state index contributed by atoms with van der Waals surface area (Å²) in [5.41, 5.74) is 3.08. The maximum Gasteiger partial charge on any atom is 0.153 e. The first-order valence-electron chi connectivity index (χ1n) is 7.14. The molecule has 0 unspecified atom stereocenters. The average Bonchev–Trinajstić information content (AvgIpc) is 2.91. The van der Waals surface area contributed by atoms with Crippen LogP contribution in [-0.4, -0.2) is 6.04 Å². The molecule has 0 spiro atoms. The van der Waals surface area contributed by atoms with Crippen LogP contribution in [0.5, 0.6) is 0 Å². The molecule has 3 heteroatoms. The zero-order valence-corrected chi connectivity index (χ0v) is 12.9. The molecule has 0 radical (unpaired) electrons. The van der Waals surface area contributed by atoms with Crippen molar-refractivity contribution in [2.45, 2.75) is 26.4 Å². The Labute approximate surface area is 129 Å². The van der Waals surface area contributed by atoms with Crippen molar-refractivity contribution in [1.29, 1.82) is 0 Å². The van der Waals surface area contributed by atoms with Crippen molar-refractivity contribution < 1.29 is 4.42 Å². The molecule has 0 bridgehead atoms. The van der Waals surface area contributed by atoms with Gasteiger partial charge in [0, 0.05) is 23.5 Å². The van der Waals surface area contributed by atoms with Crippen LogP contribution in [0.2, 0.25) is 5.02 Å². The van der Waals surface area contributed by atoms with Crippen molar-refractivity contribution in [2.24, 2.45) is 0 Å². The first-order chi connectivity index (χ1) is 10.1. The molecule has 0 aliphatic carbocycles. The summed E-state index contributed by atoms with van der Waals surface area (Å²) in [6, 6.07) is 16.7. The molecule has 0 aliphatic heterocycles. The average molecular weight is 300 g/mol. The van der Waals surface area contributed by atoms with E-state index in [1.54, 1.807) is 0 Å². The molecule has 0 fully saturated rings. The van der Waals surface area contributed by atoms with Crippen LogP contribution >= 0.6 is 11.6 Å². The summed E-state index contributed by atoms with van der Waals surface area (Å²) in [6.45, 7) is 5.17. The highest BCUT2D eigenvalue weighted by Gasteiger charge is 2.08. The van der Waals surface area contributed by atoms with Crippen LogP contribution in [0.4, 0.5) is 0 Å². The third-order valence-electron chi connectivity index (χ3n) is 3.45. The fourth-order valence-corrected chi connectivity index (χ4v) is 2.50. The number of rotatable bonds is 4. The van der Waals surface area contributed by atoms with Gasteiger partial charge in [0.1, 0.15) is 5.76 Å². The highest BCUT2D eigenvalue weighted by Crippen LogP contribution is 2.31. The van der Waals surface area contributed by atoms with Crippen molar-refractivity contribution in [2.75, 3.05) is 0 Å². The number of furan rings is 1. The van der Waals surface area contributed by atoms with Crippen LogP contribution in [0.25, 0.3) is 22.3 Å². The minimum absolute atomic E-state index is 0.488. The zero-order valence-electron chi connectivity index (χ0n) is 12.2. The molecule has 3 rings (SSSR count). The van der Waals surface area contributed by atoms with E-state index >= 15 is 0 Å². The summed E-state index contributed by atoms with van der Waals surface area (Å²) in [7, 11) is 0. The van der Waals surface area contributed by atoms with Gasteiger partial charge in [0.15, 0.2) is 5.58 Å². The van der Waals surface area contributed by atoms with Gasteiger partial charge in [-0.1, -0.05) is 61.8 Å². The normalized spacial score (nSPS) is 11.4. The van der Waals surface area contributed by atoms with E-state index in [1.165, 1.54) is 5.56 Å². The molecule has 1 N–H and O–H groups in total. The van der Waals surface area contributed by atoms with Gasteiger partial charge in [-0.25, -0.2) is 0 Å².